The number of aromatic nitrogens is 1. The molecular formula is C20H23N3O5S. The average Bonchev–Trinajstić information content (AvgIpc) is 3.24. The SMILES string of the molecule is Cc1ccc2c(c1)N(C(=O)Cn1cc(S(=O)(=O)N3CCCC3)ccc1=O)CCO2. The van der Waals surface area contributed by atoms with Crippen molar-refractivity contribution in [2.75, 3.05) is 31.1 Å². The van der Waals surface area contributed by atoms with Crippen LogP contribution < -0.4 is 15.2 Å². The largest absolute Gasteiger partial charge is 0.490 e. The molecule has 2 aliphatic heterocycles. The monoisotopic (exact) mass is 417 g/mol. The molecule has 8 nitrogen and oxygen atoms in total. The smallest absolute Gasteiger partial charge is 0.251 e. The van der Waals surface area contributed by atoms with Gasteiger partial charge in [0, 0.05) is 25.4 Å². The van der Waals surface area contributed by atoms with Gasteiger partial charge in [0.2, 0.25) is 15.9 Å². The highest BCUT2D eigenvalue weighted by Crippen LogP contribution is 2.32. The van der Waals surface area contributed by atoms with E-state index >= 15 is 0 Å². The number of fused-ring (bicyclic) bond motifs is 1. The van der Waals surface area contributed by atoms with Gasteiger partial charge in [-0.25, -0.2) is 8.42 Å². The molecule has 0 bridgehead atoms. The maximum Gasteiger partial charge on any atom is 0.251 e. The van der Waals surface area contributed by atoms with Gasteiger partial charge in [0.15, 0.2) is 0 Å². The van der Waals surface area contributed by atoms with Crippen LogP contribution in [-0.2, 0) is 21.4 Å². The summed E-state index contributed by atoms with van der Waals surface area (Å²) < 4.78 is 33.8. The molecule has 1 aromatic carbocycles. The highest BCUT2D eigenvalue weighted by Gasteiger charge is 2.28. The van der Waals surface area contributed by atoms with Crippen LogP contribution in [0.5, 0.6) is 5.75 Å². The van der Waals surface area contributed by atoms with Crippen molar-refractivity contribution in [3.8, 4) is 5.75 Å². The number of anilines is 1. The lowest BCUT2D eigenvalue weighted by Gasteiger charge is -2.30. The molecule has 9 heteroatoms. The summed E-state index contributed by atoms with van der Waals surface area (Å²) in [6, 6.07) is 8.10. The van der Waals surface area contributed by atoms with Gasteiger partial charge in [-0.3, -0.25) is 9.59 Å². The van der Waals surface area contributed by atoms with Gasteiger partial charge < -0.3 is 14.2 Å². The van der Waals surface area contributed by atoms with Crippen LogP contribution in [0.25, 0.3) is 0 Å². The number of sulfonamides is 1. The Morgan fingerprint density at radius 2 is 1.86 bits per heavy atom. The quantitative estimate of drug-likeness (QED) is 0.750. The van der Waals surface area contributed by atoms with Crippen molar-refractivity contribution in [2.24, 2.45) is 0 Å². The van der Waals surface area contributed by atoms with Crippen LogP contribution in [0.3, 0.4) is 0 Å². The number of pyridine rings is 1. The molecule has 0 saturated carbocycles. The average molecular weight is 417 g/mol. The van der Waals surface area contributed by atoms with E-state index in [1.54, 1.807) is 4.90 Å². The first-order valence-electron chi connectivity index (χ1n) is 9.61. The summed E-state index contributed by atoms with van der Waals surface area (Å²) in [7, 11) is -3.66. The maximum atomic E-state index is 13.0. The van der Waals surface area contributed by atoms with E-state index in [9.17, 15) is 18.0 Å². The molecular weight excluding hydrogens is 394 g/mol. The zero-order valence-electron chi connectivity index (χ0n) is 16.2. The molecule has 0 unspecified atom stereocenters. The van der Waals surface area contributed by atoms with Gasteiger partial charge in [-0.15, -0.1) is 0 Å². The van der Waals surface area contributed by atoms with E-state index in [-0.39, 0.29) is 17.3 Å². The van der Waals surface area contributed by atoms with Crippen molar-refractivity contribution in [3.05, 3.63) is 52.4 Å². The molecule has 0 aliphatic carbocycles. The van der Waals surface area contributed by atoms with E-state index in [0.717, 1.165) is 23.0 Å². The van der Waals surface area contributed by atoms with Crippen molar-refractivity contribution in [1.82, 2.24) is 8.87 Å². The molecule has 154 valence electrons. The zero-order valence-corrected chi connectivity index (χ0v) is 17.0. The van der Waals surface area contributed by atoms with Crippen LogP contribution in [0.1, 0.15) is 18.4 Å². The first kappa shape index (κ1) is 19.7. The number of aryl methyl sites for hydroxylation is 1. The van der Waals surface area contributed by atoms with Gasteiger partial charge in [0.25, 0.3) is 5.56 Å². The van der Waals surface area contributed by atoms with Crippen LogP contribution in [-0.4, -0.2) is 49.4 Å². The van der Waals surface area contributed by atoms with Crippen LogP contribution in [0.2, 0.25) is 0 Å². The van der Waals surface area contributed by atoms with E-state index in [1.807, 2.05) is 25.1 Å². The Balaban J connectivity index is 1.61. The summed E-state index contributed by atoms with van der Waals surface area (Å²) in [6.45, 7) is 3.37. The summed E-state index contributed by atoms with van der Waals surface area (Å²) >= 11 is 0. The summed E-state index contributed by atoms with van der Waals surface area (Å²) in [4.78, 5) is 26.9. The minimum absolute atomic E-state index is 0.0324. The highest BCUT2D eigenvalue weighted by molar-refractivity contribution is 7.89. The van der Waals surface area contributed by atoms with Gasteiger partial charge >= 0.3 is 0 Å². The third-order valence-corrected chi connectivity index (χ3v) is 7.13. The summed E-state index contributed by atoms with van der Waals surface area (Å²) in [6.07, 6.45) is 2.92. The number of ether oxygens (including phenoxy) is 1. The van der Waals surface area contributed by atoms with E-state index in [0.29, 0.717) is 37.7 Å². The molecule has 0 N–H and O–H groups in total. The third-order valence-electron chi connectivity index (χ3n) is 5.24. The van der Waals surface area contributed by atoms with Crippen molar-refractivity contribution in [1.29, 1.82) is 0 Å². The van der Waals surface area contributed by atoms with Crippen molar-refractivity contribution < 1.29 is 17.9 Å². The number of hydrogen-bond donors (Lipinski definition) is 0. The number of benzene rings is 1. The topological polar surface area (TPSA) is 88.9 Å². The Hall–Kier alpha value is -2.65. The molecule has 1 fully saturated rings. The van der Waals surface area contributed by atoms with Gasteiger partial charge in [-0.05, 0) is 43.5 Å². The predicted molar refractivity (Wildman–Crippen MR) is 108 cm³/mol. The number of amides is 1. The third kappa shape index (κ3) is 3.79. The number of hydrogen-bond acceptors (Lipinski definition) is 5. The predicted octanol–water partition coefficient (Wildman–Crippen LogP) is 1.37. The van der Waals surface area contributed by atoms with E-state index in [2.05, 4.69) is 0 Å². The van der Waals surface area contributed by atoms with Crippen molar-refractivity contribution in [2.45, 2.75) is 31.2 Å². The fourth-order valence-electron chi connectivity index (χ4n) is 3.68. The molecule has 4 rings (SSSR count). The number of nitrogens with zero attached hydrogens (tertiary/aromatic N) is 3. The molecule has 29 heavy (non-hydrogen) atoms. The molecule has 3 heterocycles. The minimum atomic E-state index is -3.66. The number of rotatable bonds is 4. The first-order chi connectivity index (χ1) is 13.9. The molecule has 0 spiro atoms. The van der Waals surface area contributed by atoms with Gasteiger partial charge in [0.05, 0.1) is 17.1 Å². The Bertz CT molecular complexity index is 1100. The number of carbonyl (C=O) groups excluding carboxylic acids is 1. The van der Waals surface area contributed by atoms with E-state index in [4.69, 9.17) is 4.74 Å². The van der Waals surface area contributed by atoms with E-state index < -0.39 is 15.6 Å². The number of carbonyl (C=O) groups is 1. The zero-order chi connectivity index (χ0) is 20.6. The molecule has 0 radical (unpaired) electrons. The molecule has 0 atom stereocenters. The van der Waals surface area contributed by atoms with Gasteiger partial charge in [-0.2, -0.15) is 4.31 Å². The summed E-state index contributed by atoms with van der Waals surface area (Å²) in [5.74, 6) is 0.325. The van der Waals surface area contributed by atoms with Gasteiger partial charge in [-0.1, -0.05) is 6.07 Å². The lowest BCUT2D eigenvalue weighted by atomic mass is 10.1. The van der Waals surface area contributed by atoms with Gasteiger partial charge in [0.1, 0.15) is 18.9 Å². The molecule has 1 saturated heterocycles. The maximum absolute atomic E-state index is 13.0. The highest BCUT2D eigenvalue weighted by atomic mass is 32.2. The summed E-state index contributed by atoms with van der Waals surface area (Å²) in [5, 5.41) is 0. The lowest BCUT2D eigenvalue weighted by Crippen LogP contribution is -2.41. The Kier molecular flexibility index (Phi) is 5.18. The van der Waals surface area contributed by atoms with Crippen LogP contribution >= 0.6 is 0 Å². The molecule has 2 aromatic rings. The van der Waals surface area contributed by atoms with Crippen LogP contribution in [0.15, 0.2) is 46.2 Å². The fourth-order valence-corrected chi connectivity index (χ4v) is 5.22. The summed E-state index contributed by atoms with van der Waals surface area (Å²) in [5.41, 5.74) is 1.23. The second-order valence-electron chi connectivity index (χ2n) is 7.31. The van der Waals surface area contributed by atoms with Crippen LogP contribution in [0, 0.1) is 6.92 Å². The first-order valence-corrected chi connectivity index (χ1v) is 11.0. The second-order valence-corrected chi connectivity index (χ2v) is 9.25. The van der Waals surface area contributed by atoms with E-state index in [1.165, 1.54) is 22.6 Å². The fraction of sp³-hybridized carbons (Fsp3) is 0.400. The van der Waals surface area contributed by atoms with Crippen LogP contribution in [0.4, 0.5) is 5.69 Å². The van der Waals surface area contributed by atoms with Crippen molar-refractivity contribution >= 4 is 21.6 Å². The molecule has 2 aliphatic rings. The standard InChI is InChI=1S/C20H23N3O5S/c1-15-4-6-18-17(12-15)23(10-11-28-18)20(25)14-21-13-16(5-7-19(21)24)29(26,27)22-8-2-3-9-22/h4-7,12-13H,2-3,8-11,14H2,1H3. The Morgan fingerprint density at radius 3 is 2.62 bits per heavy atom. The Morgan fingerprint density at radius 1 is 1.10 bits per heavy atom. The second kappa shape index (κ2) is 7.64. The molecule has 1 amide bonds. The van der Waals surface area contributed by atoms with Crippen molar-refractivity contribution in [3.63, 3.8) is 0 Å². The Labute approximate surface area is 169 Å². The molecule has 1 aromatic heterocycles. The lowest BCUT2D eigenvalue weighted by molar-refractivity contribution is -0.119. The minimum Gasteiger partial charge on any atom is -0.490 e. The normalized spacial score (nSPS) is 17.1.